The number of ether oxygens (including phenoxy) is 2. The van der Waals surface area contributed by atoms with Crippen molar-refractivity contribution in [1.29, 1.82) is 0 Å². The second kappa shape index (κ2) is 3.61. The van der Waals surface area contributed by atoms with Gasteiger partial charge in [0, 0.05) is 26.6 Å². The number of nitrogens with zero attached hydrogens (tertiary/aromatic N) is 1. The van der Waals surface area contributed by atoms with Gasteiger partial charge in [-0.1, -0.05) is 12.2 Å². The molecule has 2 saturated heterocycles. The summed E-state index contributed by atoms with van der Waals surface area (Å²) in [7, 11) is 3.13. The fourth-order valence-electron chi connectivity index (χ4n) is 2.76. The summed E-state index contributed by atoms with van der Waals surface area (Å²) in [5.41, 5.74) is 0.613. The van der Waals surface area contributed by atoms with Gasteiger partial charge in [-0.25, -0.2) is 0 Å². The van der Waals surface area contributed by atoms with Gasteiger partial charge in [0.25, 0.3) is 0 Å². The molecular formula is C11H17NO3. The van der Waals surface area contributed by atoms with Crippen LogP contribution in [0.2, 0.25) is 0 Å². The van der Waals surface area contributed by atoms with Crippen molar-refractivity contribution in [3.8, 4) is 0 Å². The first-order valence-electron chi connectivity index (χ1n) is 5.15. The molecule has 2 heterocycles. The molecule has 0 N–H and O–H groups in total. The van der Waals surface area contributed by atoms with Crippen LogP contribution in [0.15, 0.2) is 12.2 Å². The summed E-state index contributed by atoms with van der Waals surface area (Å²) in [6.45, 7) is 5.54. The van der Waals surface area contributed by atoms with Gasteiger partial charge in [-0.05, 0) is 6.42 Å². The number of carbonyl (C=O) groups is 1. The maximum Gasteiger partial charge on any atom is 0.326 e. The normalized spacial score (nSPS) is 35.6. The molecule has 2 aliphatic rings. The van der Waals surface area contributed by atoms with E-state index in [-0.39, 0.29) is 12.1 Å². The summed E-state index contributed by atoms with van der Waals surface area (Å²) in [5.74, 6) is -0.152. The van der Waals surface area contributed by atoms with E-state index in [4.69, 9.17) is 9.47 Å². The lowest BCUT2D eigenvalue weighted by atomic mass is 9.92. The standard InChI is InChI=1S/C11H17NO3/c1-8-4-11(10(13)15-3)5-9(14-2)7-12(11)6-8/h9H,1,4-7H2,2-3H3/t9-,11-/m0/s1. The highest BCUT2D eigenvalue weighted by Gasteiger charge is 2.55. The molecule has 0 bridgehead atoms. The smallest absolute Gasteiger partial charge is 0.326 e. The van der Waals surface area contributed by atoms with Crippen molar-refractivity contribution in [3.63, 3.8) is 0 Å². The average Bonchev–Trinajstić information content (AvgIpc) is 2.69. The Labute approximate surface area is 89.8 Å². The van der Waals surface area contributed by atoms with E-state index in [9.17, 15) is 4.79 Å². The summed E-state index contributed by atoms with van der Waals surface area (Å²) in [5, 5.41) is 0. The highest BCUT2D eigenvalue weighted by molar-refractivity contribution is 5.82. The third-order valence-electron chi connectivity index (χ3n) is 3.45. The molecule has 84 valence electrons. The van der Waals surface area contributed by atoms with Crippen LogP contribution >= 0.6 is 0 Å². The van der Waals surface area contributed by atoms with Gasteiger partial charge in [0.15, 0.2) is 0 Å². The SMILES string of the molecule is C=C1CN2C[C@@H](OC)C[C@]2(C(=O)OC)C1. The largest absolute Gasteiger partial charge is 0.468 e. The summed E-state index contributed by atoms with van der Waals surface area (Å²) >= 11 is 0. The Morgan fingerprint density at radius 1 is 1.60 bits per heavy atom. The molecular weight excluding hydrogens is 194 g/mol. The molecule has 2 rings (SSSR count). The molecule has 0 amide bonds. The van der Waals surface area contributed by atoms with Gasteiger partial charge in [-0.2, -0.15) is 0 Å². The molecule has 4 nitrogen and oxygen atoms in total. The van der Waals surface area contributed by atoms with Gasteiger partial charge in [0.2, 0.25) is 0 Å². The quantitative estimate of drug-likeness (QED) is 0.494. The van der Waals surface area contributed by atoms with Gasteiger partial charge in [-0.3, -0.25) is 9.69 Å². The lowest BCUT2D eigenvalue weighted by molar-refractivity contribution is -0.151. The first-order chi connectivity index (χ1) is 7.12. The third kappa shape index (κ3) is 1.48. The Morgan fingerprint density at radius 2 is 2.33 bits per heavy atom. The molecule has 0 spiro atoms. The van der Waals surface area contributed by atoms with Crippen LogP contribution in [-0.4, -0.2) is 49.8 Å². The maximum atomic E-state index is 11.9. The van der Waals surface area contributed by atoms with E-state index in [1.807, 2.05) is 0 Å². The second-order valence-corrected chi connectivity index (χ2v) is 4.39. The van der Waals surface area contributed by atoms with Gasteiger partial charge in [0.1, 0.15) is 5.54 Å². The van der Waals surface area contributed by atoms with E-state index in [1.165, 1.54) is 7.11 Å². The van der Waals surface area contributed by atoms with E-state index >= 15 is 0 Å². The van der Waals surface area contributed by atoms with Crippen LogP contribution in [0.4, 0.5) is 0 Å². The van der Waals surface area contributed by atoms with E-state index in [2.05, 4.69) is 11.5 Å². The van der Waals surface area contributed by atoms with Crippen LogP contribution in [0, 0.1) is 0 Å². The summed E-state index contributed by atoms with van der Waals surface area (Å²) in [6, 6.07) is 0. The van der Waals surface area contributed by atoms with Crippen molar-refractivity contribution in [2.75, 3.05) is 27.3 Å². The predicted octanol–water partition coefficient (Wildman–Crippen LogP) is 0.579. The third-order valence-corrected chi connectivity index (χ3v) is 3.45. The molecule has 0 unspecified atom stereocenters. The summed E-state index contributed by atoms with van der Waals surface area (Å²) < 4.78 is 10.2. The van der Waals surface area contributed by atoms with Crippen LogP contribution in [0.1, 0.15) is 12.8 Å². The van der Waals surface area contributed by atoms with Gasteiger partial charge < -0.3 is 9.47 Å². The van der Waals surface area contributed by atoms with Gasteiger partial charge in [-0.15, -0.1) is 0 Å². The monoisotopic (exact) mass is 211 g/mol. The van der Waals surface area contributed by atoms with E-state index in [1.54, 1.807) is 7.11 Å². The molecule has 0 aromatic heterocycles. The van der Waals surface area contributed by atoms with Crippen molar-refractivity contribution >= 4 is 5.97 Å². The molecule has 0 aromatic carbocycles. The van der Waals surface area contributed by atoms with Crippen LogP contribution in [0.5, 0.6) is 0 Å². The fourth-order valence-corrected chi connectivity index (χ4v) is 2.76. The maximum absolute atomic E-state index is 11.9. The van der Waals surface area contributed by atoms with Crippen molar-refractivity contribution in [2.45, 2.75) is 24.5 Å². The Morgan fingerprint density at radius 3 is 2.93 bits per heavy atom. The van der Waals surface area contributed by atoms with Gasteiger partial charge >= 0.3 is 5.97 Å². The number of rotatable bonds is 2. The molecule has 2 fully saturated rings. The van der Waals surface area contributed by atoms with Crippen LogP contribution < -0.4 is 0 Å². The van der Waals surface area contributed by atoms with Crippen LogP contribution in [0.25, 0.3) is 0 Å². The number of carbonyl (C=O) groups excluding carboxylic acids is 1. The number of esters is 1. The number of methoxy groups -OCH3 is 2. The summed E-state index contributed by atoms with van der Waals surface area (Å²) in [6.07, 6.45) is 1.56. The first-order valence-corrected chi connectivity index (χ1v) is 5.15. The van der Waals surface area contributed by atoms with Crippen LogP contribution in [0.3, 0.4) is 0 Å². The molecule has 0 radical (unpaired) electrons. The van der Waals surface area contributed by atoms with E-state index in [0.29, 0.717) is 6.42 Å². The lowest BCUT2D eigenvalue weighted by Crippen LogP contribution is -2.46. The van der Waals surface area contributed by atoms with E-state index < -0.39 is 5.54 Å². The van der Waals surface area contributed by atoms with Crippen molar-refractivity contribution in [3.05, 3.63) is 12.2 Å². The van der Waals surface area contributed by atoms with Crippen LogP contribution in [-0.2, 0) is 14.3 Å². The van der Waals surface area contributed by atoms with Crippen molar-refractivity contribution in [1.82, 2.24) is 4.90 Å². The minimum Gasteiger partial charge on any atom is -0.468 e. The minimum atomic E-state index is -0.494. The summed E-state index contributed by atoms with van der Waals surface area (Å²) in [4.78, 5) is 14.0. The number of fused-ring (bicyclic) bond motifs is 1. The molecule has 4 heteroatoms. The van der Waals surface area contributed by atoms with Gasteiger partial charge in [0.05, 0.1) is 13.2 Å². The molecule has 15 heavy (non-hydrogen) atoms. The van der Waals surface area contributed by atoms with E-state index in [0.717, 1.165) is 25.1 Å². The second-order valence-electron chi connectivity index (χ2n) is 4.39. The first kappa shape index (κ1) is 10.6. The predicted molar refractivity (Wildman–Crippen MR) is 55.5 cm³/mol. The minimum absolute atomic E-state index is 0.136. The number of hydrogen-bond donors (Lipinski definition) is 0. The zero-order chi connectivity index (χ0) is 11.1. The fraction of sp³-hybridized carbons (Fsp3) is 0.727. The lowest BCUT2D eigenvalue weighted by Gasteiger charge is -2.27. The van der Waals surface area contributed by atoms with Crippen molar-refractivity contribution in [2.24, 2.45) is 0 Å². The molecule has 0 aromatic rings. The molecule has 0 aliphatic carbocycles. The Bertz CT molecular complexity index is 302. The number of hydrogen-bond acceptors (Lipinski definition) is 4. The molecule has 2 aliphatic heterocycles. The Balaban J connectivity index is 2.25. The Hall–Kier alpha value is -0.870. The molecule has 2 atom stereocenters. The highest BCUT2D eigenvalue weighted by atomic mass is 16.5. The van der Waals surface area contributed by atoms with Crippen molar-refractivity contribution < 1.29 is 14.3 Å². The molecule has 0 saturated carbocycles. The zero-order valence-corrected chi connectivity index (χ0v) is 9.28. The average molecular weight is 211 g/mol. The highest BCUT2D eigenvalue weighted by Crippen LogP contribution is 2.42. The zero-order valence-electron chi connectivity index (χ0n) is 9.28. The Kier molecular flexibility index (Phi) is 2.56. The topological polar surface area (TPSA) is 38.8 Å².